The molecule has 3 N–H and O–H groups in total. The van der Waals surface area contributed by atoms with E-state index < -0.39 is 0 Å². The molecule has 2 aliphatic rings. The van der Waals surface area contributed by atoms with Gasteiger partial charge in [-0.15, -0.1) is 0 Å². The highest BCUT2D eigenvalue weighted by atomic mass is 16.2. The first-order valence-electron chi connectivity index (χ1n) is 6.53. The van der Waals surface area contributed by atoms with Crippen molar-refractivity contribution >= 4 is 11.8 Å². The summed E-state index contributed by atoms with van der Waals surface area (Å²) in [6, 6.07) is 0.991. The van der Waals surface area contributed by atoms with Gasteiger partial charge in [0, 0.05) is 25.0 Å². The molecule has 0 heterocycles. The van der Waals surface area contributed by atoms with E-state index in [1.807, 2.05) is 0 Å². The zero-order valence-corrected chi connectivity index (χ0v) is 10.1. The van der Waals surface area contributed by atoms with Crippen molar-refractivity contribution in [2.24, 2.45) is 0 Å². The molecule has 2 aliphatic carbocycles. The van der Waals surface area contributed by atoms with Gasteiger partial charge in [-0.05, 0) is 32.1 Å². The van der Waals surface area contributed by atoms with Crippen LogP contribution < -0.4 is 16.0 Å². The van der Waals surface area contributed by atoms with E-state index in [2.05, 4.69) is 16.0 Å². The predicted octanol–water partition coefficient (Wildman–Crippen LogP) is -0.0866. The van der Waals surface area contributed by atoms with Crippen LogP contribution in [0.1, 0.15) is 38.5 Å². The molecule has 0 spiro atoms. The summed E-state index contributed by atoms with van der Waals surface area (Å²) in [6.07, 6.45) is 5.84. The van der Waals surface area contributed by atoms with Gasteiger partial charge in [-0.1, -0.05) is 0 Å². The summed E-state index contributed by atoms with van der Waals surface area (Å²) in [5, 5.41) is 8.88. The van der Waals surface area contributed by atoms with E-state index in [-0.39, 0.29) is 11.8 Å². The molecule has 96 valence electrons. The number of carbonyl (C=O) groups is 2. The summed E-state index contributed by atoms with van der Waals surface area (Å²) < 4.78 is 0. The van der Waals surface area contributed by atoms with Gasteiger partial charge in [0.2, 0.25) is 11.8 Å². The first-order chi connectivity index (χ1) is 8.24. The summed E-state index contributed by atoms with van der Waals surface area (Å²) >= 11 is 0. The molecule has 2 amide bonds. The van der Waals surface area contributed by atoms with Crippen LogP contribution in [0, 0.1) is 0 Å². The van der Waals surface area contributed by atoms with E-state index in [0.717, 1.165) is 12.8 Å². The minimum atomic E-state index is 0.0273. The van der Waals surface area contributed by atoms with Crippen molar-refractivity contribution in [2.75, 3.05) is 13.1 Å². The lowest BCUT2D eigenvalue weighted by Gasteiger charge is -2.06. The van der Waals surface area contributed by atoms with Crippen molar-refractivity contribution in [2.45, 2.75) is 50.6 Å². The monoisotopic (exact) mass is 239 g/mol. The molecule has 2 fully saturated rings. The molecule has 0 aromatic rings. The Morgan fingerprint density at radius 2 is 1.71 bits per heavy atom. The molecular formula is C12H21N3O2. The van der Waals surface area contributed by atoms with Crippen LogP contribution in [0.4, 0.5) is 0 Å². The van der Waals surface area contributed by atoms with E-state index in [0.29, 0.717) is 38.0 Å². The van der Waals surface area contributed by atoms with E-state index in [9.17, 15) is 9.59 Å². The van der Waals surface area contributed by atoms with E-state index >= 15 is 0 Å². The fourth-order valence-corrected chi connectivity index (χ4v) is 1.59. The summed E-state index contributed by atoms with van der Waals surface area (Å²) in [5.41, 5.74) is 0. The number of rotatable bonds is 8. The van der Waals surface area contributed by atoms with Crippen LogP contribution in [-0.2, 0) is 9.59 Å². The quantitative estimate of drug-likeness (QED) is 0.519. The Kier molecular flexibility index (Phi) is 4.36. The SMILES string of the molecule is O=C(CNC1CC1)NCCCC(=O)NC1CC1. The lowest BCUT2D eigenvalue weighted by Crippen LogP contribution is -2.35. The van der Waals surface area contributed by atoms with E-state index in [1.54, 1.807) is 0 Å². The molecule has 5 heteroatoms. The summed E-state index contributed by atoms with van der Waals surface area (Å²) in [4.78, 5) is 22.7. The Morgan fingerprint density at radius 1 is 1.00 bits per heavy atom. The number of nitrogens with one attached hydrogen (secondary N) is 3. The second-order valence-electron chi connectivity index (χ2n) is 4.95. The Balaban J connectivity index is 1.41. The van der Waals surface area contributed by atoms with Gasteiger partial charge in [0.15, 0.2) is 0 Å². The minimum Gasteiger partial charge on any atom is -0.355 e. The highest BCUT2D eigenvalue weighted by molar-refractivity contribution is 5.78. The average Bonchev–Trinajstić information content (AvgIpc) is 3.14. The van der Waals surface area contributed by atoms with Crippen LogP contribution in [0.5, 0.6) is 0 Å². The third-order valence-corrected chi connectivity index (χ3v) is 2.97. The largest absolute Gasteiger partial charge is 0.355 e. The van der Waals surface area contributed by atoms with Gasteiger partial charge in [0.1, 0.15) is 0 Å². The summed E-state index contributed by atoms with van der Waals surface area (Å²) in [5.74, 6) is 0.136. The lowest BCUT2D eigenvalue weighted by atomic mass is 10.3. The normalized spacial score (nSPS) is 18.8. The highest BCUT2D eigenvalue weighted by Crippen LogP contribution is 2.18. The number of hydrogen-bond acceptors (Lipinski definition) is 3. The third-order valence-electron chi connectivity index (χ3n) is 2.97. The van der Waals surface area contributed by atoms with Crippen LogP contribution in [0.15, 0.2) is 0 Å². The van der Waals surface area contributed by atoms with Gasteiger partial charge in [-0.25, -0.2) is 0 Å². The van der Waals surface area contributed by atoms with E-state index in [4.69, 9.17) is 0 Å². The topological polar surface area (TPSA) is 70.2 Å². The van der Waals surface area contributed by atoms with Crippen LogP contribution in [0.25, 0.3) is 0 Å². The van der Waals surface area contributed by atoms with Gasteiger partial charge < -0.3 is 16.0 Å². The van der Waals surface area contributed by atoms with Crippen LogP contribution >= 0.6 is 0 Å². The zero-order valence-electron chi connectivity index (χ0n) is 10.1. The first kappa shape index (κ1) is 12.4. The molecule has 0 saturated heterocycles. The first-order valence-corrected chi connectivity index (χ1v) is 6.53. The molecule has 17 heavy (non-hydrogen) atoms. The fraction of sp³-hybridized carbons (Fsp3) is 0.833. The maximum atomic E-state index is 11.3. The van der Waals surface area contributed by atoms with Crippen molar-refractivity contribution in [3.05, 3.63) is 0 Å². The van der Waals surface area contributed by atoms with E-state index in [1.165, 1.54) is 12.8 Å². The van der Waals surface area contributed by atoms with Gasteiger partial charge in [-0.2, -0.15) is 0 Å². The second kappa shape index (κ2) is 6.00. The van der Waals surface area contributed by atoms with Crippen LogP contribution in [0.3, 0.4) is 0 Å². The molecule has 0 bridgehead atoms. The molecule has 2 saturated carbocycles. The van der Waals surface area contributed by atoms with Crippen molar-refractivity contribution in [1.82, 2.24) is 16.0 Å². The number of carbonyl (C=O) groups excluding carboxylic acids is 2. The van der Waals surface area contributed by atoms with Crippen molar-refractivity contribution in [1.29, 1.82) is 0 Å². The number of hydrogen-bond donors (Lipinski definition) is 3. The van der Waals surface area contributed by atoms with Gasteiger partial charge >= 0.3 is 0 Å². The Bertz CT molecular complexity index is 285. The molecule has 2 rings (SSSR count). The smallest absolute Gasteiger partial charge is 0.233 e. The van der Waals surface area contributed by atoms with Crippen molar-refractivity contribution in [3.63, 3.8) is 0 Å². The van der Waals surface area contributed by atoms with Crippen LogP contribution in [0.2, 0.25) is 0 Å². The lowest BCUT2D eigenvalue weighted by molar-refractivity contribution is -0.122. The van der Waals surface area contributed by atoms with Gasteiger partial charge in [0.05, 0.1) is 6.54 Å². The Morgan fingerprint density at radius 3 is 2.35 bits per heavy atom. The fourth-order valence-electron chi connectivity index (χ4n) is 1.59. The maximum absolute atomic E-state index is 11.3. The zero-order chi connectivity index (χ0) is 12.1. The summed E-state index contributed by atoms with van der Waals surface area (Å²) in [6.45, 7) is 0.988. The average molecular weight is 239 g/mol. The molecule has 0 aliphatic heterocycles. The minimum absolute atomic E-state index is 0.0273. The van der Waals surface area contributed by atoms with Crippen molar-refractivity contribution in [3.8, 4) is 0 Å². The third kappa shape index (κ3) is 5.68. The molecule has 0 unspecified atom stereocenters. The molecular weight excluding hydrogens is 218 g/mol. The molecule has 5 nitrogen and oxygen atoms in total. The second-order valence-corrected chi connectivity index (χ2v) is 4.95. The van der Waals surface area contributed by atoms with Gasteiger partial charge in [-0.3, -0.25) is 9.59 Å². The molecule has 0 atom stereocenters. The Labute approximate surface area is 102 Å². The number of amides is 2. The summed E-state index contributed by atoms with van der Waals surface area (Å²) in [7, 11) is 0. The van der Waals surface area contributed by atoms with Crippen LogP contribution in [-0.4, -0.2) is 37.0 Å². The highest BCUT2D eigenvalue weighted by Gasteiger charge is 2.23. The Hall–Kier alpha value is -1.10. The molecule has 0 radical (unpaired) electrons. The maximum Gasteiger partial charge on any atom is 0.233 e. The standard InChI is InChI=1S/C12H21N3O2/c16-11(15-10-5-6-10)2-1-7-13-12(17)8-14-9-3-4-9/h9-10,14H,1-8H2,(H,13,17)(H,15,16). The predicted molar refractivity (Wildman–Crippen MR) is 64.4 cm³/mol. The molecule has 0 aromatic carbocycles. The molecule has 0 aromatic heterocycles. The van der Waals surface area contributed by atoms with Crippen molar-refractivity contribution < 1.29 is 9.59 Å². The van der Waals surface area contributed by atoms with Gasteiger partial charge in [0.25, 0.3) is 0 Å².